The summed E-state index contributed by atoms with van der Waals surface area (Å²) in [5.41, 5.74) is 6.43. The summed E-state index contributed by atoms with van der Waals surface area (Å²) >= 11 is 12.5. The van der Waals surface area contributed by atoms with Crippen molar-refractivity contribution >= 4 is 34.5 Å². The maximum absolute atomic E-state index is 6.31. The first-order chi connectivity index (χ1) is 12.2. The predicted molar refractivity (Wildman–Crippen MR) is 107 cm³/mol. The average Bonchev–Trinajstić information content (AvgIpc) is 2.81. The molecule has 0 bridgehead atoms. The van der Waals surface area contributed by atoms with E-state index >= 15 is 0 Å². The van der Waals surface area contributed by atoms with Crippen molar-refractivity contribution in [1.29, 1.82) is 0 Å². The molecule has 0 saturated carbocycles. The lowest BCUT2D eigenvalue weighted by molar-refractivity contribution is 1.25. The molecule has 4 rings (SSSR count). The van der Waals surface area contributed by atoms with Crippen LogP contribution in [0.5, 0.6) is 0 Å². The standard InChI is InChI=1S/C22H15Cl2N/c23-17-8-4-7-16(13-17)19-11-12-25-22(15-5-2-1-3-6-15)20-10-9-18(24)14-21(19)20/h1-11,13-14H,12H2. The molecule has 1 aliphatic heterocycles. The van der Waals surface area contributed by atoms with E-state index in [2.05, 4.69) is 24.3 Å². The van der Waals surface area contributed by atoms with Gasteiger partial charge in [0, 0.05) is 21.2 Å². The van der Waals surface area contributed by atoms with Gasteiger partial charge in [0.25, 0.3) is 0 Å². The molecule has 25 heavy (non-hydrogen) atoms. The van der Waals surface area contributed by atoms with E-state index in [-0.39, 0.29) is 0 Å². The van der Waals surface area contributed by atoms with Crippen LogP contribution in [-0.4, -0.2) is 12.3 Å². The molecule has 0 N–H and O–H groups in total. The smallest absolute Gasteiger partial charge is 0.0729 e. The normalized spacial score (nSPS) is 13.5. The summed E-state index contributed by atoms with van der Waals surface area (Å²) < 4.78 is 0. The summed E-state index contributed by atoms with van der Waals surface area (Å²) in [7, 11) is 0. The van der Waals surface area contributed by atoms with Gasteiger partial charge in [-0.15, -0.1) is 0 Å². The zero-order valence-electron chi connectivity index (χ0n) is 13.4. The number of fused-ring (bicyclic) bond motifs is 1. The quantitative estimate of drug-likeness (QED) is 0.508. The monoisotopic (exact) mass is 363 g/mol. The highest BCUT2D eigenvalue weighted by molar-refractivity contribution is 6.31. The Labute approximate surface area is 157 Å². The molecule has 1 nitrogen and oxygen atoms in total. The summed E-state index contributed by atoms with van der Waals surface area (Å²) in [4.78, 5) is 4.83. The number of benzene rings is 3. The van der Waals surface area contributed by atoms with E-state index in [9.17, 15) is 0 Å². The van der Waals surface area contributed by atoms with Gasteiger partial charge in [-0.3, -0.25) is 4.99 Å². The van der Waals surface area contributed by atoms with Crippen molar-refractivity contribution in [2.75, 3.05) is 6.54 Å². The van der Waals surface area contributed by atoms with Gasteiger partial charge in [0.1, 0.15) is 0 Å². The second-order valence-corrected chi connectivity index (χ2v) is 6.75. The van der Waals surface area contributed by atoms with E-state index in [4.69, 9.17) is 28.2 Å². The van der Waals surface area contributed by atoms with E-state index in [1.807, 2.05) is 54.6 Å². The molecular weight excluding hydrogens is 349 g/mol. The largest absolute Gasteiger partial charge is 0.280 e. The molecule has 0 spiro atoms. The molecule has 0 atom stereocenters. The van der Waals surface area contributed by atoms with E-state index in [1.54, 1.807) is 0 Å². The van der Waals surface area contributed by atoms with E-state index in [1.165, 1.54) is 0 Å². The van der Waals surface area contributed by atoms with Gasteiger partial charge in [-0.2, -0.15) is 0 Å². The highest BCUT2D eigenvalue weighted by Crippen LogP contribution is 2.33. The molecule has 1 aliphatic rings. The first-order valence-corrected chi connectivity index (χ1v) is 8.84. The molecule has 0 unspecified atom stereocenters. The van der Waals surface area contributed by atoms with Crippen molar-refractivity contribution in [2.24, 2.45) is 4.99 Å². The fourth-order valence-electron chi connectivity index (χ4n) is 3.14. The van der Waals surface area contributed by atoms with Crippen LogP contribution in [0.4, 0.5) is 0 Å². The maximum atomic E-state index is 6.31. The van der Waals surface area contributed by atoms with Crippen LogP contribution >= 0.6 is 23.2 Å². The Bertz CT molecular complexity index is 988. The summed E-state index contributed by atoms with van der Waals surface area (Å²) in [6, 6.07) is 24.1. The Morgan fingerprint density at radius 1 is 0.680 bits per heavy atom. The molecule has 122 valence electrons. The highest BCUT2D eigenvalue weighted by Gasteiger charge is 2.18. The Morgan fingerprint density at radius 2 is 1.44 bits per heavy atom. The molecule has 0 aromatic heterocycles. The minimum absolute atomic E-state index is 0.609. The lowest BCUT2D eigenvalue weighted by Gasteiger charge is -2.14. The molecule has 0 fully saturated rings. The molecule has 0 aliphatic carbocycles. The van der Waals surface area contributed by atoms with Crippen LogP contribution < -0.4 is 0 Å². The van der Waals surface area contributed by atoms with Crippen molar-refractivity contribution in [3.63, 3.8) is 0 Å². The topological polar surface area (TPSA) is 12.4 Å². The average molecular weight is 364 g/mol. The van der Waals surface area contributed by atoms with Crippen LogP contribution in [-0.2, 0) is 0 Å². The van der Waals surface area contributed by atoms with Gasteiger partial charge in [-0.1, -0.05) is 77.8 Å². The van der Waals surface area contributed by atoms with Gasteiger partial charge < -0.3 is 0 Å². The molecule has 0 saturated heterocycles. The van der Waals surface area contributed by atoms with Gasteiger partial charge in [0.05, 0.1) is 12.3 Å². The first-order valence-electron chi connectivity index (χ1n) is 8.08. The highest BCUT2D eigenvalue weighted by atomic mass is 35.5. The van der Waals surface area contributed by atoms with Gasteiger partial charge in [0.2, 0.25) is 0 Å². The number of hydrogen-bond donors (Lipinski definition) is 0. The Morgan fingerprint density at radius 3 is 2.24 bits per heavy atom. The first kappa shape index (κ1) is 16.1. The molecule has 3 aromatic carbocycles. The van der Waals surface area contributed by atoms with Crippen molar-refractivity contribution in [1.82, 2.24) is 0 Å². The lowest BCUT2D eigenvalue weighted by Crippen LogP contribution is -2.06. The zero-order chi connectivity index (χ0) is 17.2. The van der Waals surface area contributed by atoms with Gasteiger partial charge in [0.15, 0.2) is 0 Å². The third-order valence-corrected chi connectivity index (χ3v) is 4.72. The van der Waals surface area contributed by atoms with Crippen LogP contribution in [0.15, 0.2) is 83.9 Å². The van der Waals surface area contributed by atoms with Crippen LogP contribution in [0.3, 0.4) is 0 Å². The van der Waals surface area contributed by atoms with Crippen LogP contribution in [0.25, 0.3) is 5.57 Å². The summed E-state index contributed by atoms with van der Waals surface area (Å²) in [6.07, 6.45) is 2.14. The SMILES string of the molecule is Clc1cccc(C2=CCN=C(c3ccccc3)c3ccc(Cl)cc32)c1. The lowest BCUT2D eigenvalue weighted by atomic mass is 9.90. The van der Waals surface area contributed by atoms with Crippen molar-refractivity contribution < 1.29 is 0 Å². The van der Waals surface area contributed by atoms with Gasteiger partial charge in [-0.25, -0.2) is 0 Å². The van der Waals surface area contributed by atoms with Gasteiger partial charge in [-0.05, 0) is 41.0 Å². The summed E-state index contributed by atoms with van der Waals surface area (Å²) in [5.74, 6) is 0. The van der Waals surface area contributed by atoms with Crippen molar-refractivity contribution in [3.8, 4) is 0 Å². The molecule has 3 heteroatoms. The second-order valence-electron chi connectivity index (χ2n) is 5.87. The Balaban J connectivity index is 1.91. The van der Waals surface area contributed by atoms with Crippen molar-refractivity contribution in [3.05, 3.63) is 111 Å². The minimum atomic E-state index is 0.609. The van der Waals surface area contributed by atoms with Crippen LogP contribution in [0.2, 0.25) is 10.0 Å². The van der Waals surface area contributed by atoms with Gasteiger partial charge >= 0.3 is 0 Å². The van der Waals surface area contributed by atoms with E-state index in [0.717, 1.165) is 38.6 Å². The third kappa shape index (κ3) is 3.26. The molecule has 1 heterocycles. The minimum Gasteiger partial charge on any atom is -0.280 e. The third-order valence-electron chi connectivity index (χ3n) is 4.25. The van der Waals surface area contributed by atoms with E-state index in [0.29, 0.717) is 11.6 Å². The maximum Gasteiger partial charge on any atom is 0.0729 e. The number of halogens is 2. The Kier molecular flexibility index (Phi) is 4.44. The second kappa shape index (κ2) is 6.87. The number of nitrogens with zero attached hydrogens (tertiary/aromatic N) is 1. The number of rotatable bonds is 2. The molecule has 0 radical (unpaired) electrons. The van der Waals surface area contributed by atoms with E-state index < -0.39 is 0 Å². The fraction of sp³-hybridized carbons (Fsp3) is 0.0455. The van der Waals surface area contributed by atoms with Crippen LogP contribution in [0, 0.1) is 0 Å². The number of hydrogen-bond acceptors (Lipinski definition) is 1. The molecular formula is C22H15Cl2N. The zero-order valence-corrected chi connectivity index (χ0v) is 14.9. The predicted octanol–water partition coefficient (Wildman–Crippen LogP) is 6.28. The summed E-state index contributed by atoms with van der Waals surface area (Å²) in [6.45, 7) is 0.609. The summed E-state index contributed by atoms with van der Waals surface area (Å²) in [5, 5.41) is 1.43. The fourth-order valence-corrected chi connectivity index (χ4v) is 3.50. The van der Waals surface area contributed by atoms with Crippen molar-refractivity contribution in [2.45, 2.75) is 0 Å². The van der Waals surface area contributed by atoms with Crippen LogP contribution in [0.1, 0.15) is 22.3 Å². The Hall–Kier alpha value is -2.35. The molecule has 3 aromatic rings. The number of aliphatic imine (C=N–C) groups is 1. The molecule has 0 amide bonds.